The molecule has 1 aromatic heterocycles. The average Bonchev–Trinajstić information content (AvgIpc) is 3.28. The van der Waals surface area contributed by atoms with Crippen LogP contribution in [0.4, 0.5) is 5.69 Å². The summed E-state index contributed by atoms with van der Waals surface area (Å²) in [6.07, 6.45) is 0. The molecule has 0 saturated carbocycles. The van der Waals surface area contributed by atoms with Gasteiger partial charge >= 0.3 is 0 Å². The van der Waals surface area contributed by atoms with Gasteiger partial charge < -0.3 is 20.1 Å². The van der Waals surface area contributed by atoms with Crippen molar-refractivity contribution < 1.29 is 9.59 Å². The second-order valence-corrected chi connectivity index (χ2v) is 10.2. The highest BCUT2D eigenvalue weighted by atomic mass is 16.2. The van der Waals surface area contributed by atoms with Crippen LogP contribution in [-0.2, 0) is 0 Å². The molecule has 1 aliphatic heterocycles. The van der Waals surface area contributed by atoms with Crippen LogP contribution in [0.1, 0.15) is 43.0 Å². The normalized spacial score (nSPS) is 14.2. The molecule has 0 unspecified atom stereocenters. The summed E-state index contributed by atoms with van der Waals surface area (Å²) in [5.41, 5.74) is 8.90. The number of H-pyrrole nitrogens is 1. The quantitative estimate of drug-likeness (QED) is 0.413. The zero-order chi connectivity index (χ0) is 26.3. The summed E-state index contributed by atoms with van der Waals surface area (Å²) < 4.78 is 0. The van der Waals surface area contributed by atoms with E-state index in [1.165, 1.54) is 5.56 Å². The second-order valence-electron chi connectivity index (χ2n) is 10.2. The van der Waals surface area contributed by atoms with Crippen molar-refractivity contribution in [3.05, 3.63) is 81.9 Å². The first-order valence-electron chi connectivity index (χ1n) is 12.7. The Hall–Kier alpha value is -3.97. The Morgan fingerprint density at radius 3 is 2.19 bits per heavy atom. The molecule has 37 heavy (non-hydrogen) atoms. The number of carbonyl (C=O) groups excluding carboxylic acids is 2. The van der Waals surface area contributed by atoms with Crippen molar-refractivity contribution in [2.45, 2.75) is 27.7 Å². The van der Waals surface area contributed by atoms with Gasteiger partial charge in [-0.15, -0.1) is 0 Å². The van der Waals surface area contributed by atoms with Crippen LogP contribution in [0.25, 0.3) is 22.4 Å². The number of carbonyl (C=O) groups is 2. The lowest BCUT2D eigenvalue weighted by molar-refractivity contribution is 0.0664. The minimum Gasteiger partial charge on any atom is -0.338 e. The molecule has 190 valence electrons. The Morgan fingerprint density at radius 1 is 0.811 bits per heavy atom. The molecule has 5 rings (SSSR count). The zero-order valence-corrected chi connectivity index (χ0v) is 22.1. The number of fused-ring (bicyclic) bond motifs is 1. The zero-order valence-electron chi connectivity index (χ0n) is 22.1. The number of nitrogens with zero attached hydrogens (tertiary/aromatic N) is 3. The highest BCUT2D eigenvalue weighted by Crippen LogP contribution is 2.29. The molecule has 2 heterocycles. The Morgan fingerprint density at radius 2 is 1.51 bits per heavy atom. The van der Waals surface area contributed by atoms with E-state index >= 15 is 0 Å². The van der Waals surface area contributed by atoms with E-state index in [9.17, 15) is 9.59 Å². The summed E-state index contributed by atoms with van der Waals surface area (Å²) in [6.45, 7) is 11.4. The van der Waals surface area contributed by atoms with Crippen molar-refractivity contribution in [3.63, 3.8) is 0 Å². The van der Waals surface area contributed by atoms with Gasteiger partial charge in [-0.25, -0.2) is 4.98 Å². The number of likely N-dealkylation sites (N-methyl/N-ethyl adjacent to an activating group) is 1. The van der Waals surface area contributed by atoms with Crippen molar-refractivity contribution in [2.24, 2.45) is 0 Å². The Kier molecular flexibility index (Phi) is 6.56. The van der Waals surface area contributed by atoms with Crippen LogP contribution in [0.15, 0.2) is 48.5 Å². The third kappa shape index (κ3) is 5.00. The van der Waals surface area contributed by atoms with E-state index in [0.717, 1.165) is 71.0 Å². The van der Waals surface area contributed by atoms with E-state index in [4.69, 9.17) is 4.98 Å². The Bertz CT molecular complexity index is 1490. The molecule has 0 radical (unpaired) electrons. The predicted molar refractivity (Wildman–Crippen MR) is 148 cm³/mol. The van der Waals surface area contributed by atoms with Gasteiger partial charge in [0.05, 0.1) is 11.0 Å². The first-order chi connectivity index (χ1) is 17.7. The molecule has 3 aromatic carbocycles. The fourth-order valence-corrected chi connectivity index (χ4v) is 4.94. The first kappa shape index (κ1) is 24.7. The maximum atomic E-state index is 13.1. The molecule has 0 aliphatic carbocycles. The molecule has 7 nitrogen and oxygen atoms in total. The summed E-state index contributed by atoms with van der Waals surface area (Å²) >= 11 is 0. The molecule has 4 aromatic rings. The number of imidazole rings is 1. The molecule has 2 N–H and O–H groups in total. The van der Waals surface area contributed by atoms with Gasteiger partial charge in [0, 0.05) is 48.6 Å². The van der Waals surface area contributed by atoms with Crippen molar-refractivity contribution in [3.8, 4) is 11.4 Å². The van der Waals surface area contributed by atoms with Crippen LogP contribution >= 0.6 is 0 Å². The SMILES string of the molecule is Cc1ccc(NC(=O)c2ccc3nc(-c4c(C)cc(C(=O)N5CCN(C)CC5)cc4C)[nH]c3c2)cc1C. The van der Waals surface area contributed by atoms with Gasteiger partial charge in [0.2, 0.25) is 0 Å². The van der Waals surface area contributed by atoms with Crippen molar-refractivity contribution >= 4 is 28.5 Å². The number of benzene rings is 3. The lowest BCUT2D eigenvalue weighted by atomic mass is 9.98. The first-order valence-corrected chi connectivity index (χ1v) is 12.7. The number of aryl methyl sites for hydroxylation is 4. The maximum absolute atomic E-state index is 13.1. The summed E-state index contributed by atoms with van der Waals surface area (Å²) in [4.78, 5) is 38.4. The Labute approximate surface area is 217 Å². The topological polar surface area (TPSA) is 81.3 Å². The number of aromatic amines is 1. The fraction of sp³-hybridized carbons (Fsp3) is 0.300. The third-order valence-corrected chi connectivity index (χ3v) is 7.32. The number of hydrogen-bond donors (Lipinski definition) is 2. The lowest BCUT2D eigenvalue weighted by Crippen LogP contribution is -2.47. The molecule has 1 fully saturated rings. The number of amides is 2. The lowest BCUT2D eigenvalue weighted by Gasteiger charge is -2.32. The third-order valence-electron chi connectivity index (χ3n) is 7.32. The highest BCUT2D eigenvalue weighted by Gasteiger charge is 2.22. The number of aromatic nitrogens is 2. The maximum Gasteiger partial charge on any atom is 0.255 e. The van der Waals surface area contributed by atoms with Gasteiger partial charge in [-0.3, -0.25) is 9.59 Å². The van der Waals surface area contributed by atoms with Crippen LogP contribution in [0.5, 0.6) is 0 Å². The summed E-state index contributed by atoms with van der Waals surface area (Å²) in [5.74, 6) is 0.644. The van der Waals surface area contributed by atoms with Crippen molar-refractivity contribution in [1.29, 1.82) is 0 Å². The molecule has 1 aliphatic rings. The number of piperazine rings is 1. The average molecular weight is 496 g/mol. The summed E-state index contributed by atoms with van der Waals surface area (Å²) in [6, 6.07) is 15.3. The smallest absolute Gasteiger partial charge is 0.255 e. The van der Waals surface area contributed by atoms with E-state index in [2.05, 4.69) is 22.2 Å². The van der Waals surface area contributed by atoms with E-state index in [1.54, 1.807) is 6.07 Å². The number of rotatable bonds is 4. The van der Waals surface area contributed by atoms with Crippen LogP contribution in [0, 0.1) is 27.7 Å². The Balaban J connectivity index is 1.39. The summed E-state index contributed by atoms with van der Waals surface area (Å²) in [5, 5.41) is 2.98. The molecule has 0 atom stereocenters. The minimum absolute atomic E-state index is 0.0786. The number of nitrogens with one attached hydrogen (secondary N) is 2. The van der Waals surface area contributed by atoms with Crippen LogP contribution in [-0.4, -0.2) is 64.8 Å². The van der Waals surface area contributed by atoms with Gasteiger partial charge in [0.1, 0.15) is 5.82 Å². The van der Waals surface area contributed by atoms with Gasteiger partial charge in [-0.05, 0) is 99.5 Å². The molecule has 1 saturated heterocycles. The monoisotopic (exact) mass is 495 g/mol. The highest BCUT2D eigenvalue weighted by molar-refractivity contribution is 6.06. The standard InChI is InChI=1S/C30H33N5O2/c1-18-6-8-24(16-19(18)2)31-29(36)22-7-9-25-26(17-22)33-28(32-25)27-20(3)14-23(15-21(27)4)30(37)35-12-10-34(5)11-13-35/h6-9,14-17H,10-13H2,1-5H3,(H,31,36)(H,32,33). The second kappa shape index (κ2) is 9.82. The van der Waals surface area contributed by atoms with Crippen molar-refractivity contribution in [2.75, 3.05) is 38.5 Å². The van der Waals surface area contributed by atoms with Crippen LogP contribution < -0.4 is 5.32 Å². The molecule has 0 bridgehead atoms. The fourth-order valence-electron chi connectivity index (χ4n) is 4.94. The molecular formula is C30H33N5O2. The molecular weight excluding hydrogens is 462 g/mol. The minimum atomic E-state index is -0.166. The van der Waals surface area contributed by atoms with E-state index in [1.807, 2.05) is 75.1 Å². The number of anilines is 1. The van der Waals surface area contributed by atoms with E-state index in [-0.39, 0.29) is 11.8 Å². The van der Waals surface area contributed by atoms with Crippen LogP contribution in [0.2, 0.25) is 0 Å². The van der Waals surface area contributed by atoms with Gasteiger partial charge in [0.15, 0.2) is 0 Å². The number of hydrogen-bond acceptors (Lipinski definition) is 4. The molecule has 0 spiro atoms. The molecule has 7 heteroatoms. The molecule has 2 amide bonds. The van der Waals surface area contributed by atoms with E-state index < -0.39 is 0 Å². The predicted octanol–water partition coefficient (Wildman–Crippen LogP) is 5.10. The van der Waals surface area contributed by atoms with Gasteiger partial charge in [-0.1, -0.05) is 6.07 Å². The van der Waals surface area contributed by atoms with E-state index in [0.29, 0.717) is 11.1 Å². The summed E-state index contributed by atoms with van der Waals surface area (Å²) in [7, 11) is 2.08. The van der Waals surface area contributed by atoms with Crippen molar-refractivity contribution in [1.82, 2.24) is 19.8 Å². The van der Waals surface area contributed by atoms with Gasteiger partial charge in [-0.2, -0.15) is 0 Å². The van der Waals surface area contributed by atoms with Crippen LogP contribution in [0.3, 0.4) is 0 Å². The largest absolute Gasteiger partial charge is 0.338 e. The van der Waals surface area contributed by atoms with Gasteiger partial charge in [0.25, 0.3) is 11.8 Å².